The molecule has 0 unspecified atom stereocenters. The summed E-state index contributed by atoms with van der Waals surface area (Å²) in [5, 5.41) is 8.72. The van der Waals surface area contributed by atoms with Crippen LogP contribution in [0.4, 0.5) is 11.8 Å². The molecule has 84 valence electrons. The van der Waals surface area contributed by atoms with Gasteiger partial charge in [-0.05, 0) is 7.05 Å². The van der Waals surface area contributed by atoms with Gasteiger partial charge in [0, 0.05) is 26.2 Å². The van der Waals surface area contributed by atoms with E-state index in [1.165, 1.54) is 6.20 Å². The molecule has 2 rings (SSSR count). The normalized spacial score (nSPS) is 17.1. The zero-order chi connectivity index (χ0) is 11.5. The van der Waals surface area contributed by atoms with Crippen molar-refractivity contribution in [2.75, 3.05) is 43.9 Å². The number of anilines is 2. The van der Waals surface area contributed by atoms with Crippen molar-refractivity contribution >= 4 is 11.8 Å². The average Bonchev–Trinajstić information content (AvgIpc) is 2.30. The molecule has 0 bridgehead atoms. The monoisotopic (exact) mass is 218 g/mol. The lowest BCUT2D eigenvalue weighted by Crippen LogP contribution is -2.45. The minimum atomic E-state index is 0.256. The Morgan fingerprint density at radius 2 is 2.06 bits per heavy atom. The van der Waals surface area contributed by atoms with Crippen molar-refractivity contribution < 1.29 is 0 Å². The second-order valence-corrected chi connectivity index (χ2v) is 3.87. The quantitative estimate of drug-likeness (QED) is 0.695. The summed E-state index contributed by atoms with van der Waals surface area (Å²) >= 11 is 0. The maximum atomic E-state index is 8.72. The van der Waals surface area contributed by atoms with Crippen molar-refractivity contribution in [3.8, 4) is 6.07 Å². The molecule has 1 saturated heterocycles. The van der Waals surface area contributed by atoms with Crippen LogP contribution < -0.4 is 10.6 Å². The van der Waals surface area contributed by atoms with Gasteiger partial charge in [-0.2, -0.15) is 10.2 Å². The average molecular weight is 218 g/mol. The van der Waals surface area contributed by atoms with E-state index in [9.17, 15) is 0 Å². The van der Waals surface area contributed by atoms with Crippen LogP contribution in [0.5, 0.6) is 0 Å². The summed E-state index contributed by atoms with van der Waals surface area (Å²) in [6.07, 6.45) is 1.48. The van der Waals surface area contributed by atoms with Crippen molar-refractivity contribution in [3.05, 3.63) is 11.8 Å². The largest absolute Gasteiger partial charge is 0.382 e. The number of nitriles is 1. The smallest absolute Gasteiger partial charge is 0.227 e. The Morgan fingerprint density at radius 1 is 1.38 bits per heavy atom. The summed E-state index contributed by atoms with van der Waals surface area (Å²) in [4.78, 5) is 12.6. The van der Waals surface area contributed by atoms with E-state index in [1.807, 2.05) is 6.07 Å². The first-order valence-electron chi connectivity index (χ1n) is 5.17. The van der Waals surface area contributed by atoms with E-state index in [-0.39, 0.29) is 5.82 Å². The Hall–Kier alpha value is -1.87. The standard InChI is InChI=1S/C10H14N6/c1-15-2-4-16(5-3-15)10-13-7-8(6-11)9(12)14-10/h7H,2-5H2,1H3,(H2,12,13,14). The second-order valence-electron chi connectivity index (χ2n) is 3.87. The number of hydrogen-bond acceptors (Lipinski definition) is 6. The molecule has 1 aromatic rings. The molecule has 2 N–H and O–H groups in total. The number of nitrogens with two attached hydrogens (primary N) is 1. The third-order valence-corrected chi connectivity index (χ3v) is 2.71. The number of aromatic nitrogens is 2. The predicted molar refractivity (Wildman–Crippen MR) is 60.9 cm³/mol. The number of nitrogens with zero attached hydrogens (tertiary/aromatic N) is 5. The van der Waals surface area contributed by atoms with Crippen molar-refractivity contribution in [1.29, 1.82) is 5.26 Å². The second kappa shape index (κ2) is 4.33. The molecule has 0 atom stereocenters. The molecule has 1 aliphatic rings. The lowest BCUT2D eigenvalue weighted by Gasteiger charge is -2.32. The zero-order valence-electron chi connectivity index (χ0n) is 9.22. The molecule has 2 heterocycles. The van der Waals surface area contributed by atoms with E-state index >= 15 is 0 Å². The highest BCUT2D eigenvalue weighted by atomic mass is 15.3. The van der Waals surface area contributed by atoms with Gasteiger partial charge in [0.2, 0.25) is 5.95 Å². The molecule has 6 heteroatoms. The summed E-state index contributed by atoms with van der Waals surface area (Å²) < 4.78 is 0. The predicted octanol–water partition coefficient (Wildman–Crippen LogP) is -0.318. The fourth-order valence-corrected chi connectivity index (χ4v) is 1.63. The fourth-order valence-electron chi connectivity index (χ4n) is 1.63. The maximum absolute atomic E-state index is 8.72. The minimum absolute atomic E-state index is 0.256. The molecule has 0 radical (unpaired) electrons. The Bertz CT molecular complexity index is 416. The Labute approximate surface area is 94.3 Å². The summed E-state index contributed by atoms with van der Waals surface area (Å²) in [6, 6.07) is 1.96. The van der Waals surface area contributed by atoms with E-state index in [2.05, 4.69) is 26.8 Å². The third kappa shape index (κ3) is 2.04. The van der Waals surface area contributed by atoms with Crippen LogP contribution in [-0.4, -0.2) is 48.1 Å². The van der Waals surface area contributed by atoms with Gasteiger partial charge in [-0.25, -0.2) is 4.98 Å². The van der Waals surface area contributed by atoms with E-state index in [1.54, 1.807) is 0 Å². The Kier molecular flexibility index (Phi) is 2.88. The van der Waals surface area contributed by atoms with Gasteiger partial charge in [-0.3, -0.25) is 0 Å². The van der Waals surface area contributed by atoms with E-state index in [0.717, 1.165) is 26.2 Å². The van der Waals surface area contributed by atoms with Crippen LogP contribution in [0.15, 0.2) is 6.20 Å². The molecule has 16 heavy (non-hydrogen) atoms. The van der Waals surface area contributed by atoms with Crippen molar-refractivity contribution in [2.24, 2.45) is 0 Å². The van der Waals surface area contributed by atoms with Gasteiger partial charge in [0.05, 0.1) is 6.20 Å². The number of piperazine rings is 1. The number of nitrogen functional groups attached to an aromatic ring is 1. The summed E-state index contributed by atoms with van der Waals surface area (Å²) in [7, 11) is 2.09. The highest BCUT2D eigenvalue weighted by Crippen LogP contribution is 2.14. The molecule has 1 aliphatic heterocycles. The van der Waals surface area contributed by atoms with Gasteiger partial charge in [0.25, 0.3) is 0 Å². The van der Waals surface area contributed by atoms with Gasteiger partial charge >= 0.3 is 0 Å². The van der Waals surface area contributed by atoms with Crippen LogP contribution >= 0.6 is 0 Å². The first-order valence-corrected chi connectivity index (χ1v) is 5.17. The molecule has 0 amide bonds. The molecule has 0 spiro atoms. The van der Waals surface area contributed by atoms with Crippen molar-refractivity contribution in [1.82, 2.24) is 14.9 Å². The first kappa shape index (κ1) is 10.6. The summed E-state index contributed by atoms with van der Waals surface area (Å²) in [6.45, 7) is 3.76. The topological polar surface area (TPSA) is 82.1 Å². The molecule has 0 aromatic carbocycles. The van der Waals surface area contributed by atoms with E-state index in [0.29, 0.717) is 11.5 Å². The van der Waals surface area contributed by atoms with Gasteiger partial charge in [-0.1, -0.05) is 0 Å². The molecule has 1 aromatic heterocycles. The maximum Gasteiger partial charge on any atom is 0.227 e. The number of hydrogen-bond donors (Lipinski definition) is 1. The number of likely N-dealkylation sites (N-methyl/N-ethyl adjacent to an activating group) is 1. The molecular weight excluding hydrogens is 204 g/mol. The van der Waals surface area contributed by atoms with Crippen LogP contribution in [0, 0.1) is 11.3 Å². The van der Waals surface area contributed by atoms with Crippen molar-refractivity contribution in [2.45, 2.75) is 0 Å². The van der Waals surface area contributed by atoms with Gasteiger partial charge in [-0.15, -0.1) is 0 Å². The lowest BCUT2D eigenvalue weighted by atomic mass is 10.3. The Morgan fingerprint density at radius 3 is 2.62 bits per heavy atom. The highest BCUT2D eigenvalue weighted by molar-refractivity contribution is 5.50. The van der Waals surface area contributed by atoms with Crippen molar-refractivity contribution in [3.63, 3.8) is 0 Å². The summed E-state index contributed by atoms with van der Waals surface area (Å²) in [5.41, 5.74) is 5.99. The van der Waals surface area contributed by atoms with Crippen LogP contribution in [0.3, 0.4) is 0 Å². The highest BCUT2D eigenvalue weighted by Gasteiger charge is 2.17. The van der Waals surface area contributed by atoms with Crippen LogP contribution in [-0.2, 0) is 0 Å². The molecule has 0 saturated carbocycles. The summed E-state index contributed by atoms with van der Waals surface area (Å²) in [5.74, 6) is 0.871. The molecule has 6 nitrogen and oxygen atoms in total. The zero-order valence-corrected chi connectivity index (χ0v) is 9.22. The Balaban J connectivity index is 2.16. The van der Waals surface area contributed by atoms with Gasteiger partial charge in [0.15, 0.2) is 0 Å². The van der Waals surface area contributed by atoms with Gasteiger partial charge < -0.3 is 15.5 Å². The molecular formula is C10H14N6. The molecule has 0 aliphatic carbocycles. The third-order valence-electron chi connectivity index (χ3n) is 2.71. The minimum Gasteiger partial charge on any atom is -0.382 e. The molecule has 1 fully saturated rings. The van der Waals surface area contributed by atoms with Crippen LogP contribution in [0.1, 0.15) is 5.56 Å². The van der Waals surface area contributed by atoms with Crippen LogP contribution in [0.25, 0.3) is 0 Å². The van der Waals surface area contributed by atoms with E-state index in [4.69, 9.17) is 11.0 Å². The lowest BCUT2D eigenvalue weighted by molar-refractivity contribution is 0.311. The van der Waals surface area contributed by atoms with Crippen LogP contribution in [0.2, 0.25) is 0 Å². The first-order chi connectivity index (χ1) is 7.70. The number of rotatable bonds is 1. The van der Waals surface area contributed by atoms with Gasteiger partial charge in [0.1, 0.15) is 17.5 Å². The van der Waals surface area contributed by atoms with E-state index < -0.39 is 0 Å². The SMILES string of the molecule is CN1CCN(c2ncc(C#N)c(N)n2)CC1. The fraction of sp³-hybridized carbons (Fsp3) is 0.500.